The summed E-state index contributed by atoms with van der Waals surface area (Å²) in [5.41, 5.74) is 0.818. The summed E-state index contributed by atoms with van der Waals surface area (Å²) in [5.74, 6) is -0.965. The van der Waals surface area contributed by atoms with Gasteiger partial charge in [-0.1, -0.05) is 19.1 Å². The van der Waals surface area contributed by atoms with Crippen molar-refractivity contribution in [3.05, 3.63) is 23.3 Å². The number of carbonyl (C=O) groups excluding carboxylic acids is 1. The Kier molecular flexibility index (Phi) is 4.69. The second-order valence-corrected chi connectivity index (χ2v) is 2.37. The number of rotatable bonds is 4. The van der Waals surface area contributed by atoms with Gasteiger partial charge in [0.15, 0.2) is 0 Å². The van der Waals surface area contributed by atoms with Gasteiger partial charge in [0.2, 0.25) is 0 Å². The van der Waals surface area contributed by atoms with E-state index in [1.54, 1.807) is 0 Å². The predicted molar refractivity (Wildman–Crippen MR) is 45.8 cm³/mol. The lowest BCUT2D eigenvalue weighted by molar-refractivity contribution is -0.132. The number of hydrogen-bond donors (Lipinski definition) is 1. The second kappa shape index (κ2) is 5.29. The van der Waals surface area contributed by atoms with Crippen LogP contribution in [0.15, 0.2) is 23.3 Å². The molecular weight excluding hydrogens is 156 g/mol. The van der Waals surface area contributed by atoms with Gasteiger partial charge in [-0.25, -0.2) is 4.79 Å². The smallest absolute Gasteiger partial charge is 0.331 e. The maximum atomic E-state index is 10.3. The highest BCUT2D eigenvalue weighted by atomic mass is 16.4. The van der Waals surface area contributed by atoms with E-state index < -0.39 is 5.97 Å². The zero-order valence-electron chi connectivity index (χ0n) is 7.20. The third-order valence-corrected chi connectivity index (χ3v) is 1.44. The van der Waals surface area contributed by atoms with Gasteiger partial charge in [-0.2, -0.15) is 0 Å². The van der Waals surface area contributed by atoms with Crippen molar-refractivity contribution in [2.24, 2.45) is 0 Å². The lowest BCUT2D eigenvalue weighted by atomic mass is 10.2. The van der Waals surface area contributed by atoms with Crippen LogP contribution in [0, 0.1) is 0 Å². The Morgan fingerprint density at radius 2 is 2.00 bits per heavy atom. The highest BCUT2D eigenvalue weighted by Gasteiger charge is 1.96. The molecule has 0 aliphatic carbocycles. The summed E-state index contributed by atoms with van der Waals surface area (Å²) in [5, 5.41) is 8.45. The molecule has 0 bridgehead atoms. The van der Waals surface area contributed by atoms with Crippen LogP contribution in [0.5, 0.6) is 0 Å². The highest BCUT2D eigenvalue weighted by molar-refractivity contribution is 5.86. The van der Waals surface area contributed by atoms with Crippen LogP contribution < -0.4 is 0 Å². The zero-order valence-corrected chi connectivity index (χ0v) is 7.20. The van der Waals surface area contributed by atoms with Gasteiger partial charge in [0.1, 0.15) is 6.29 Å². The van der Waals surface area contributed by atoms with E-state index in [2.05, 4.69) is 0 Å². The largest absolute Gasteiger partial charge is 0.478 e. The Labute approximate surface area is 71.4 Å². The molecule has 0 aromatic heterocycles. The number of aliphatic carboxylic acids is 1. The van der Waals surface area contributed by atoms with Crippen molar-refractivity contribution in [2.45, 2.75) is 20.3 Å². The maximum absolute atomic E-state index is 10.3. The Bertz CT molecular complexity index is 230. The average Bonchev–Trinajstić information content (AvgIpc) is 2.05. The Morgan fingerprint density at radius 1 is 1.42 bits per heavy atom. The summed E-state index contributed by atoms with van der Waals surface area (Å²) in [6.45, 7) is 3.32. The fourth-order valence-electron chi connectivity index (χ4n) is 0.544. The van der Waals surface area contributed by atoms with E-state index in [-0.39, 0.29) is 5.57 Å². The van der Waals surface area contributed by atoms with Gasteiger partial charge >= 0.3 is 5.97 Å². The Hall–Kier alpha value is -1.38. The van der Waals surface area contributed by atoms with E-state index in [1.165, 1.54) is 19.1 Å². The van der Waals surface area contributed by atoms with Crippen LogP contribution in [0.2, 0.25) is 0 Å². The molecule has 12 heavy (non-hydrogen) atoms. The van der Waals surface area contributed by atoms with Crippen molar-refractivity contribution in [2.75, 3.05) is 0 Å². The highest BCUT2D eigenvalue weighted by Crippen LogP contribution is 1.99. The van der Waals surface area contributed by atoms with Crippen molar-refractivity contribution in [1.82, 2.24) is 0 Å². The van der Waals surface area contributed by atoms with E-state index in [1.807, 2.05) is 6.92 Å². The van der Waals surface area contributed by atoms with Crippen molar-refractivity contribution < 1.29 is 14.7 Å². The van der Waals surface area contributed by atoms with Crippen molar-refractivity contribution >= 4 is 12.3 Å². The monoisotopic (exact) mass is 168 g/mol. The van der Waals surface area contributed by atoms with Crippen LogP contribution in [-0.2, 0) is 9.59 Å². The minimum Gasteiger partial charge on any atom is -0.478 e. The number of carboxylic acid groups (broad SMARTS) is 1. The molecule has 0 saturated carbocycles. The quantitative estimate of drug-likeness (QED) is 0.393. The van der Waals surface area contributed by atoms with Crippen molar-refractivity contribution in [3.8, 4) is 0 Å². The van der Waals surface area contributed by atoms with E-state index in [0.29, 0.717) is 12.0 Å². The number of carbonyl (C=O) groups is 2. The number of aldehydes is 1. The van der Waals surface area contributed by atoms with Crippen LogP contribution in [0.25, 0.3) is 0 Å². The molecular formula is C9H12O3. The molecule has 0 unspecified atom stereocenters. The van der Waals surface area contributed by atoms with Crippen LogP contribution in [0.3, 0.4) is 0 Å². The lowest BCUT2D eigenvalue weighted by Gasteiger charge is -1.91. The first-order valence-electron chi connectivity index (χ1n) is 3.67. The lowest BCUT2D eigenvalue weighted by Crippen LogP contribution is -1.95. The minimum absolute atomic E-state index is 0.225. The van der Waals surface area contributed by atoms with E-state index in [9.17, 15) is 9.59 Å². The molecule has 3 heteroatoms. The van der Waals surface area contributed by atoms with Crippen LogP contribution in [-0.4, -0.2) is 17.4 Å². The Balaban J connectivity index is 4.44. The van der Waals surface area contributed by atoms with Crippen molar-refractivity contribution in [3.63, 3.8) is 0 Å². The van der Waals surface area contributed by atoms with E-state index in [0.717, 1.165) is 6.29 Å². The zero-order chi connectivity index (χ0) is 9.56. The van der Waals surface area contributed by atoms with Gasteiger partial charge < -0.3 is 5.11 Å². The van der Waals surface area contributed by atoms with Crippen LogP contribution in [0.4, 0.5) is 0 Å². The maximum Gasteiger partial charge on any atom is 0.331 e. The van der Waals surface area contributed by atoms with Gasteiger partial charge in [-0.3, -0.25) is 4.79 Å². The summed E-state index contributed by atoms with van der Waals surface area (Å²) >= 11 is 0. The standard InChI is InChI=1S/C9H12O3/c1-3-8(6-10)5-4-7(2)9(11)12/h4-6H,3H2,1-2H3,(H,11,12)/b7-4?,8-5+. The minimum atomic E-state index is -0.965. The fourth-order valence-corrected chi connectivity index (χ4v) is 0.544. The van der Waals surface area contributed by atoms with Crippen molar-refractivity contribution in [1.29, 1.82) is 0 Å². The normalized spacial score (nSPS) is 12.8. The molecule has 0 aromatic carbocycles. The molecule has 0 fully saturated rings. The fraction of sp³-hybridized carbons (Fsp3) is 0.333. The van der Waals surface area contributed by atoms with E-state index >= 15 is 0 Å². The molecule has 0 rings (SSSR count). The van der Waals surface area contributed by atoms with Gasteiger partial charge in [0, 0.05) is 5.57 Å². The average molecular weight is 168 g/mol. The third-order valence-electron chi connectivity index (χ3n) is 1.44. The first kappa shape index (κ1) is 10.6. The first-order chi connectivity index (χ1) is 5.61. The number of carboxylic acids is 1. The number of hydrogen-bond acceptors (Lipinski definition) is 2. The molecule has 0 aliphatic rings. The van der Waals surface area contributed by atoms with E-state index in [4.69, 9.17) is 5.11 Å². The molecule has 3 nitrogen and oxygen atoms in total. The summed E-state index contributed by atoms with van der Waals surface area (Å²) in [6.07, 6.45) is 4.30. The summed E-state index contributed by atoms with van der Waals surface area (Å²) in [7, 11) is 0. The molecule has 0 heterocycles. The topological polar surface area (TPSA) is 54.4 Å². The third kappa shape index (κ3) is 3.71. The SMILES string of the molecule is CC/C(C=O)=C\C=C(C)C(=O)O. The van der Waals surface area contributed by atoms with Crippen LogP contribution in [0.1, 0.15) is 20.3 Å². The molecule has 0 radical (unpaired) electrons. The second-order valence-electron chi connectivity index (χ2n) is 2.37. The molecule has 66 valence electrons. The van der Waals surface area contributed by atoms with Crippen LogP contribution >= 0.6 is 0 Å². The molecule has 0 aliphatic heterocycles. The summed E-state index contributed by atoms with van der Waals surface area (Å²) in [6, 6.07) is 0. The molecule has 0 aromatic rings. The van der Waals surface area contributed by atoms with Gasteiger partial charge in [-0.05, 0) is 18.9 Å². The van der Waals surface area contributed by atoms with Gasteiger partial charge in [0.05, 0.1) is 0 Å². The predicted octanol–water partition coefficient (Wildman–Crippen LogP) is 1.55. The first-order valence-corrected chi connectivity index (χ1v) is 3.67. The molecule has 0 saturated heterocycles. The number of allylic oxidation sites excluding steroid dienone is 3. The molecule has 1 N–H and O–H groups in total. The van der Waals surface area contributed by atoms with Gasteiger partial charge in [-0.15, -0.1) is 0 Å². The molecule has 0 spiro atoms. The Morgan fingerprint density at radius 3 is 2.33 bits per heavy atom. The summed E-state index contributed by atoms with van der Waals surface area (Å²) in [4.78, 5) is 20.6. The molecule has 0 amide bonds. The molecule has 0 atom stereocenters. The van der Waals surface area contributed by atoms with Gasteiger partial charge in [0.25, 0.3) is 0 Å². The summed E-state index contributed by atoms with van der Waals surface area (Å²) < 4.78 is 0.